The Bertz CT molecular complexity index is 298. The highest BCUT2D eigenvalue weighted by Crippen LogP contribution is 2.11. The SMILES string of the molecule is NC(=O)O.Nc1ccccc1CCCO. The maximum atomic E-state index is 8.78. The van der Waals surface area contributed by atoms with Crippen LogP contribution in [-0.2, 0) is 6.42 Å². The van der Waals surface area contributed by atoms with Crippen LogP contribution in [0.4, 0.5) is 10.5 Å². The molecular weight excluding hydrogens is 196 g/mol. The number of hydrogen-bond acceptors (Lipinski definition) is 3. The normalized spacial score (nSPS) is 8.87. The Morgan fingerprint density at radius 1 is 1.33 bits per heavy atom. The summed E-state index contributed by atoms with van der Waals surface area (Å²) in [6.45, 7) is 0.230. The molecule has 5 nitrogen and oxygen atoms in total. The molecule has 84 valence electrons. The molecule has 1 aromatic carbocycles. The molecule has 1 aromatic rings. The standard InChI is InChI=1S/C9H13NO.CH3NO2/c10-9-6-2-1-4-8(9)5-3-7-11;2-1(3)4/h1-2,4,6,11H,3,5,7,10H2;2H2,(H,3,4). The van der Waals surface area contributed by atoms with E-state index in [-0.39, 0.29) is 6.61 Å². The fourth-order valence-electron chi connectivity index (χ4n) is 1.03. The van der Waals surface area contributed by atoms with Gasteiger partial charge in [0.15, 0.2) is 0 Å². The van der Waals surface area contributed by atoms with Gasteiger partial charge in [-0.05, 0) is 24.5 Å². The minimum Gasteiger partial charge on any atom is -0.465 e. The van der Waals surface area contributed by atoms with E-state index in [4.69, 9.17) is 20.7 Å². The molecule has 1 rings (SSSR count). The third-order valence-electron chi connectivity index (χ3n) is 1.66. The number of primary amides is 1. The molecule has 0 fully saturated rings. The van der Waals surface area contributed by atoms with E-state index in [0.29, 0.717) is 0 Å². The predicted octanol–water partition coefficient (Wildman–Crippen LogP) is 0.817. The quantitative estimate of drug-likeness (QED) is 0.556. The summed E-state index contributed by atoms with van der Waals surface area (Å²) in [4.78, 5) is 8.78. The van der Waals surface area contributed by atoms with Gasteiger partial charge in [0, 0.05) is 12.3 Å². The number of aryl methyl sites for hydroxylation is 1. The molecule has 0 radical (unpaired) electrons. The molecule has 0 aliphatic carbocycles. The smallest absolute Gasteiger partial charge is 0.402 e. The summed E-state index contributed by atoms with van der Waals surface area (Å²) in [6.07, 6.45) is 0.317. The summed E-state index contributed by atoms with van der Waals surface area (Å²) >= 11 is 0. The monoisotopic (exact) mass is 212 g/mol. The van der Waals surface area contributed by atoms with Crippen LogP contribution in [0, 0.1) is 0 Å². The van der Waals surface area contributed by atoms with Crippen molar-refractivity contribution in [1.82, 2.24) is 0 Å². The van der Waals surface area contributed by atoms with E-state index in [1.807, 2.05) is 24.3 Å². The lowest BCUT2D eigenvalue weighted by molar-refractivity contribution is 0.205. The number of carboxylic acid groups (broad SMARTS) is 1. The zero-order valence-corrected chi connectivity index (χ0v) is 8.39. The van der Waals surface area contributed by atoms with Crippen molar-refractivity contribution in [2.45, 2.75) is 12.8 Å². The first-order valence-electron chi connectivity index (χ1n) is 4.50. The minimum absolute atomic E-state index is 0.230. The zero-order valence-electron chi connectivity index (χ0n) is 8.39. The van der Waals surface area contributed by atoms with Crippen molar-refractivity contribution in [3.05, 3.63) is 29.8 Å². The summed E-state index contributed by atoms with van der Waals surface area (Å²) in [7, 11) is 0. The first-order chi connectivity index (χ1) is 7.07. The number of carbonyl (C=O) groups is 1. The third kappa shape index (κ3) is 7.33. The molecule has 0 atom stereocenters. The lowest BCUT2D eigenvalue weighted by Crippen LogP contribution is -2.03. The van der Waals surface area contributed by atoms with Crippen LogP contribution in [0.15, 0.2) is 24.3 Å². The van der Waals surface area contributed by atoms with Gasteiger partial charge in [-0.1, -0.05) is 18.2 Å². The molecule has 15 heavy (non-hydrogen) atoms. The summed E-state index contributed by atoms with van der Waals surface area (Å²) < 4.78 is 0. The van der Waals surface area contributed by atoms with Gasteiger partial charge >= 0.3 is 6.09 Å². The molecule has 0 heterocycles. The Morgan fingerprint density at radius 2 is 1.87 bits per heavy atom. The molecule has 0 unspecified atom stereocenters. The topological polar surface area (TPSA) is 110 Å². The maximum Gasteiger partial charge on any atom is 0.402 e. The summed E-state index contributed by atoms with van der Waals surface area (Å²) in [6, 6.07) is 7.75. The molecule has 1 amide bonds. The first kappa shape index (κ1) is 13.2. The molecule has 0 aliphatic rings. The van der Waals surface area contributed by atoms with Crippen molar-refractivity contribution in [2.75, 3.05) is 12.3 Å². The van der Waals surface area contributed by atoms with E-state index in [2.05, 4.69) is 5.73 Å². The molecule has 6 N–H and O–H groups in total. The fourth-order valence-corrected chi connectivity index (χ4v) is 1.03. The largest absolute Gasteiger partial charge is 0.465 e. The predicted molar refractivity (Wildman–Crippen MR) is 58.5 cm³/mol. The molecule has 0 saturated carbocycles. The van der Waals surface area contributed by atoms with Crippen LogP contribution in [0.2, 0.25) is 0 Å². The van der Waals surface area contributed by atoms with Gasteiger partial charge < -0.3 is 21.7 Å². The third-order valence-corrected chi connectivity index (χ3v) is 1.66. The number of para-hydroxylation sites is 1. The Kier molecular flexibility index (Phi) is 6.74. The molecule has 0 spiro atoms. The van der Waals surface area contributed by atoms with Crippen molar-refractivity contribution in [3.63, 3.8) is 0 Å². The Hall–Kier alpha value is -1.75. The van der Waals surface area contributed by atoms with Gasteiger partial charge in [-0.3, -0.25) is 0 Å². The van der Waals surface area contributed by atoms with Gasteiger partial charge in [0.05, 0.1) is 0 Å². The molecule has 0 aliphatic heterocycles. The van der Waals surface area contributed by atoms with Crippen molar-refractivity contribution >= 4 is 11.8 Å². The summed E-state index contributed by atoms with van der Waals surface area (Å²) in [5, 5.41) is 15.8. The second-order valence-corrected chi connectivity index (χ2v) is 2.86. The van der Waals surface area contributed by atoms with Crippen LogP contribution < -0.4 is 11.5 Å². The van der Waals surface area contributed by atoms with E-state index in [1.54, 1.807) is 0 Å². The highest BCUT2D eigenvalue weighted by molar-refractivity contribution is 5.61. The molecule has 0 bridgehead atoms. The van der Waals surface area contributed by atoms with E-state index in [0.717, 1.165) is 24.1 Å². The second kappa shape index (κ2) is 7.64. The zero-order chi connectivity index (χ0) is 11.7. The number of amides is 1. The van der Waals surface area contributed by atoms with Crippen molar-refractivity contribution in [3.8, 4) is 0 Å². The Balaban J connectivity index is 0.000000423. The van der Waals surface area contributed by atoms with Gasteiger partial charge in [0.2, 0.25) is 0 Å². The van der Waals surface area contributed by atoms with Gasteiger partial charge in [0.25, 0.3) is 0 Å². The van der Waals surface area contributed by atoms with E-state index >= 15 is 0 Å². The first-order valence-corrected chi connectivity index (χ1v) is 4.50. The maximum absolute atomic E-state index is 8.78. The minimum atomic E-state index is -1.33. The van der Waals surface area contributed by atoms with Gasteiger partial charge in [-0.15, -0.1) is 0 Å². The molecule has 0 aromatic heterocycles. The summed E-state index contributed by atoms with van der Waals surface area (Å²) in [5.74, 6) is 0. The Morgan fingerprint density at radius 3 is 2.33 bits per heavy atom. The number of nitrogen functional groups attached to an aromatic ring is 1. The van der Waals surface area contributed by atoms with Crippen LogP contribution in [0.1, 0.15) is 12.0 Å². The average molecular weight is 212 g/mol. The van der Waals surface area contributed by atoms with Crippen molar-refractivity contribution in [1.29, 1.82) is 0 Å². The van der Waals surface area contributed by atoms with Gasteiger partial charge in [0.1, 0.15) is 0 Å². The lowest BCUT2D eigenvalue weighted by atomic mass is 10.1. The number of hydrogen-bond donors (Lipinski definition) is 4. The lowest BCUT2D eigenvalue weighted by Gasteiger charge is -2.02. The van der Waals surface area contributed by atoms with Crippen molar-refractivity contribution < 1.29 is 15.0 Å². The number of nitrogens with two attached hydrogens (primary N) is 2. The van der Waals surface area contributed by atoms with Crippen LogP contribution >= 0.6 is 0 Å². The van der Waals surface area contributed by atoms with E-state index in [1.165, 1.54) is 0 Å². The van der Waals surface area contributed by atoms with E-state index < -0.39 is 6.09 Å². The molecule has 5 heteroatoms. The van der Waals surface area contributed by atoms with Crippen LogP contribution in [0.25, 0.3) is 0 Å². The van der Waals surface area contributed by atoms with Crippen LogP contribution in [-0.4, -0.2) is 22.9 Å². The Labute approximate surface area is 88.3 Å². The molecule has 0 saturated heterocycles. The molecular formula is C10H16N2O3. The van der Waals surface area contributed by atoms with Gasteiger partial charge in [-0.25, -0.2) is 4.79 Å². The van der Waals surface area contributed by atoms with E-state index in [9.17, 15) is 0 Å². The highest BCUT2D eigenvalue weighted by Gasteiger charge is 1.95. The van der Waals surface area contributed by atoms with Crippen LogP contribution in [0.5, 0.6) is 0 Å². The number of benzene rings is 1. The van der Waals surface area contributed by atoms with Gasteiger partial charge in [-0.2, -0.15) is 0 Å². The van der Waals surface area contributed by atoms with Crippen LogP contribution in [0.3, 0.4) is 0 Å². The second-order valence-electron chi connectivity index (χ2n) is 2.86. The number of rotatable bonds is 3. The van der Waals surface area contributed by atoms with Crippen molar-refractivity contribution in [2.24, 2.45) is 5.73 Å². The number of aliphatic hydroxyl groups excluding tert-OH is 1. The number of anilines is 1. The summed E-state index contributed by atoms with van der Waals surface area (Å²) in [5.41, 5.74) is 11.7. The fraction of sp³-hybridized carbons (Fsp3) is 0.300. The number of aliphatic hydroxyl groups is 1. The highest BCUT2D eigenvalue weighted by atomic mass is 16.4. The average Bonchev–Trinajstić information content (AvgIpc) is 2.16.